The Morgan fingerprint density at radius 3 is 2.29 bits per heavy atom. The van der Waals surface area contributed by atoms with Gasteiger partial charge in [0, 0.05) is 16.2 Å². The van der Waals surface area contributed by atoms with E-state index in [2.05, 4.69) is 16.1 Å². The zero-order valence-electron chi connectivity index (χ0n) is 12.5. The summed E-state index contributed by atoms with van der Waals surface area (Å²) < 4.78 is 5.63. The van der Waals surface area contributed by atoms with E-state index in [4.69, 9.17) is 10.3 Å². The van der Waals surface area contributed by atoms with E-state index < -0.39 is 0 Å². The molecule has 4 nitrogen and oxygen atoms in total. The fourth-order valence-electron chi connectivity index (χ4n) is 5.66. The maximum Gasteiger partial charge on any atom is 0.122 e. The molecule has 110 valence electrons. The number of benzene rings is 1. The number of azide groups is 1. The van der Waals surface area contributed by atoms with E-state index in [0.717, 1.165) is 23.5 Å². The highest BCUT2D eigenvalue weighted by Crippen LogP contribution is 2.62. The molecule has 4 saturated carbocycles. The molecule has 1 aromatic carbocycles. The number of hydrogen-bond donors (Lipinski definition) is 0. The average molecular weight is 283 g/mol. The molecular weight excluding hydrogens is 262 g/mol. The van der Waals surface area contributed by atoms with Gasteiger partial charge in [0.15, 0.2) is 0 Å². The molecule has 4 heteroatoms. The first-order chi connectivity index (χ1) is 10.2. The van der Waals surface area contributed by atoms with Gasteiger partial charge in [-0.1, -0.05) is 5.11 Å². The molecule has 0 amide bonds. The fraction of sp³-hybridized carbons (Fsp3) is 0.647. The van der Waals surface area contributed by atoms with Gasteiger partial charge in [-0.2, -0.15) is 0 Å². The molecular formula is C17H21N3O. The lowest BCUT2D eigenvalue weighted by molar-refractivity contribution is -0.00613. The summed E-state index contributed by atoms with van der Waals surface area (Å²) in [6.07, 6.45) is 8.14. The Balaban J connectivity index is 1.81. The Kier molecular flexibility index (Phi) is 2.90. The van der Waals surface area contributed by atoms with Crippen LogP contribution in [-0.2, 0) is 5.41 Å². The van der Waals surface area contributed by atoms with Crippen molar-refractivity contribution in [1.29, 1.82) is 0 Å². The third-order valence-electron chi connectivity index (χ3n) is 5.95. The van der Waals surface area contributed by atoms with Crippen LogP contribution >= 0.6 is 0 Å². The van der Waals surface area contributed by atoms with Crippen LogP contribution < -0.4 is 4.74 Å². The molecule has 5 rings (SSSR count). The van der Waals surface area contributed by atoms with Crippen LogP contribution in [0, 0.1) is 17.8 Å². The molecule has 0 atom stereocenters. The van der Waals surface area contributed by atoms with Gasteiger partial charge < -0.3 is 4.74 Å². The summed E-state index contributed by atoms with van der Waals surface area (Å²) >= 11 is 0. The monoisotopic (exact) mass is 283 g/mol. The quantitative estimate of drug-likeness (QED) is 0.432. The van der Waals surface area contributed by atoms with Crippen LogP contribution in [-0.4, -0.2) is 7.11 Å². The lowest BCUT2D eigenvalue weighted by atomic mass is 9.48. The summed E-state index contributed by atoms with van der Waals surface area (Å²) in [5.41, 5.74) is 11.0. The van der Waals surface area contributed by atoms with Crippen molar-refractivity contribution in [1.82, 2.24) is 0 Å². The Morgan fingerprint density at radius 1 is 1.14 bits per heavy atom. The average Bonchev–Trinajstić information content (AvgIpc) is 2.46. The number of rotatable bonds is 3. The Bertz CT molecular complexity index is 583. The molecule has 0 aliphatic heterocycles. The van der Waals surface area contributed by atoms with Crippen molar-refractivity contribution < 1.29 is 4.74 Å². The molecule has 4 fully saturated rings. The normalized spacial score (nSPS) is 36.3. The fourth-order valence-corrected chi connectivity index (χ4v) is 5.66. The third-order valence-corrected chi connectivity index (χ3v) is 5.95. The van der Waals surface area contributed by atoms with E-state index >= 15 is 0 Å². The molecule has 0 radical (unpaired) electrons. The topological polar surface area (TPSA) is 58.0 Å². The summed E-state index contributed by atoms with van der Waals surface area (Å²) in [5.74, 6) is 3.64. The molecule has 0 unspecified atom stereocenters. The Labute approximate surface area is 125 Å². The molecule has 0 spiro atoms. The van der Waals surface area contributed by atoms with Crippen LogP contribution in [0.1, 0.15) is 44.1 Å². The van der Waals surface area contributed by atoms with Gasteiger partial charge in [0.25, 0.3) is 0 Å². The van der Waals surface area contributed by atoms with E-state index in [-0.39, 0.29) is 5.41 Å². The van der Waals surface area contributed by atoms with E-state index in [9.17, 15) is 0 Å². The minimum Gasteiger partial charge on any atom is -0.496 e. The highest BCUT2D eigenvalue weighted by atomic mass is 16.5. The molecule has 4 aliphatic rings. The molecule has 0 aromatic heterocycles. The Hall–Kier alpha value is -1.67. The second kappa shape index (κ2) is 4.67. The van der Waals surface area contributed by atoms with Crippen LogP contribution in [0.25, 0.3) is 10.4 Å². The zero-order chi connectivity index (χ0) is 14.4. The first-order valence-corrected chi connectivity index (χ1v) is 7.96. The summed E-state index contributed by atoms with van der Waals surface area (Å²) in [5, 5.41) is 3.80. The largest absolute Gasteiger partial charge is 0.496 e. The molecule has 0 N–H and O–H groups in total. The van der Waals surface area contributed by atoms with Crippen molar-refractivity contribution in [2.45, 2.75) is 43.9 Å². The van der Waals surface area contributed by atoms with Crippen LogP contribution in [0.3, 0.4) is 0 Å². The van der Waals surface area contributed by atoms with Gasteiger partial charge >= 0.3 is 0 Å². The minimum atomic E-state index is 0.265. The van der Waals surface area contributed by atoms with Gasteiger partial charge in [-0.25, -0.2) is 0 Å². The summed E-state index contributed by atoms with van der Waals surface area (Å²) in [7, 11) is 1.74. The maximum atomic E-state index is 8.70. The highest BCUT2D eigenvalue weighted by Gasteiger charge is 2.52. The van der Waals surface area contributed by atoms with Gasteiger partial charge in [0.2, 0.25) is 0 Å². The van der Waals surface area contributed by atoms with Gasteiger partial charge in [-0.05, 0) is 85.4 Å². The van der Waals surface area contributed by atoms with Gasteiger partial charge in [-0.3, -0.25) is 0 Å². The van der Waals surface area contributed by atoms with Crippen molar-refractivity contribution in [2.75, 3.05) is 7.11 Å². The van der Waals surface area contributed by atoms with Gasteiger partial charge in [0.05, 0.1) is 7.11 Å². The van der Waals surface area contributed by atoms with Crippen LogP contribution in [0.15, 0.2) is 23.3 Å². The van der Waals surface area contributed by atoms with Gasteiger partial charge in [-0.15, -0.1) is 0 Å². The Morgan fingerprint density at radius 2 is 1.76 bits per heavy atom. The number of ether oxygens (including phenoxy) is 1. The molecule has 0 saturated heterocycles. The number of methoxy groups -OCH3 is 1. The van der Waals surface area contributed by atoms with Crippen molar-refractivity contribution in [2.24, 2.45) is 22.9 Å². The van der Waals surface area contributed by atoms with Crippen molar-refractivity contribution in [3.8, 4) is 5.75 Å². The lowest BCUT2D eigenvalue weighted by Gasteiger charge is -2.57. The minimum absolute atomic E-state index is 0.265. The zero-order valence-corrected chi connectivity index (χ0v) is 12.5. The van der Waals surface area contributed by atoms with Crippen molar-refractivity contribution in [3.63, 3.8) is 0 Å². The number of hydrogen-bond acceptors (Lipinski definition) is 2. The summed E-state index contributed by atoms with van der Waals surface area (Å²) in [4.78, 5) is 2.93. The number of nitrogens with zero attached hydrogens (tertiary/aromatic N) is 3. The van der Waals surface area contributed by atoms with Crippen molar-refractivity contribution in [3.05, 3.63) is 34.2 Å². The molecule has 4 bridgehead atoms. The maximum absolute atomic E-state index is 8.70. The van der Waals surface area contributed by atoms with Gasteiger partial charge in [0.1, 0.15) is 5.75 Å². The third kappa shape index (κ3) is 2.01. The lowest BCUT2D eigenvalue weighted by Crippen LogP contribution is -2.48. The first-order valence-electron chi connectivity index (χ1n) is 7.96. The second-order valence-corrected chi connectivity index (χ2v) is 7.27. The van der Waals surface area contributed by atoms with Crippen LogP contribution in [0.5, 0.6) is 5.75 Å². The highest BCUT2D eigenvalue weighted by molar-refractivity contribution is 5.51. The van der Waals surface area contributed by atoms with Crippen LogP contribution in [0.4, 0.5) is 5.69 Å². The predicted octanol–water partition coefficient (Wildman–Crippen LogP) is 5.10. The van der Waals surface area contributed by atoms with E-state index in [1.807, 2.05) is 12.1 Å². The standard InChI is InChI=1S/C17H21N3O/c1-21-16-3-2-14(19-20-18)7-15(16)17-8-11-4-12(9-17)6-13(5-11)10-17/h2-3,7,11-13H,4-6,8-10H2,1H3. The van der Waals surface area contributed by atoms with Crippen LogP contribution in [0.2, 0.25) is 0 Å². The molecule has 4 aliphatic carbocycles. The van der Waals surface area contributed by atoms with E-state index in [1.54, 1.807) is 7.11 Å². The predicted molar refractivity (Wildman–Crippen MR) is 81.7 cm³/mol. The second-order valence-electron chi connectivity index (χ2n) is 7.27. The van der Waals surface area contributed by atoms with E-state index in [0.29, 0.717) is 5.69 Å². The smallest absolute Gasteiger partial charge is 0.122 e. The SMILES string of the molecule is COc1ccc(N=[N+]=[N-])cc1C12CC3CC(CC(C3)C1)C2. The van der Waals surface area contributed by atoms with Crippen molar-refractivity contribution >= 4 is 5.69 Å². The summed E-state index contributed by atoms with van der Waals surface area (Å²) in [6, 6.07) is 5.90. The molecule has 0 heterocycles. The first kappa shape index (κ1) is 13.0. The molecule has 21 heavy (non-hydrogen) atoms. The molecule has 1 aromatic rings. The summed E-state index contributed by atoms with van der Waals surface area (Å²) in [6.45, 7) is 0. The van der Waals surface area contributed by atoms with E-state index in [1.165, 1.54) is 44.1 Å².